The van der Waals surface area contributed by atoms with Gasteiger partial charge in [-0.05, 0) is 49.1 Å². The second-order valence-electron chi connectivity index (χ2n) is 5.51. The van der Waals surface area contributed by atoms with Crippen LogP contribution in [0, 0.1) is 6.92 Å². The van der Waals surface area contributed by atoms with Crippen LogP contribution in [0.2, 0.25) is 0 Å². The maximum atomic E-state index is 11.7. The van der Waals surface area contributed by atoms with Crippen molar-refractivity contribution in [2.45, 2.75) is 46.1 Å². The Kier molecular flexibility index (Phi) is 7.23. The van der Waals surface area contributed by atoms with E-state index in [1.807, 2.05) is 12.1 Å². The van der Waals surface area contributed by atoms with E-state index >= 15 is 0 Å². The zero-order valence-corrected chi connectivity index (χ0v) is 13.7. The van der Waals surface area contributed by atoms with E-state index in [0.29, 0.717) is 5.92 Å². The summed E-state index contributed by atoms with van der Waals surface area (Å²) in [7, 11) is 1.39. The minimum absolute atomic E-state index is 0.271. The van der Waals surface area contributed by atoms with Gasteiger partial charge in [-0.1, -0.05) is 26.8 Å². The molecule has 0 fully saturated rings. The highest BCUT2D eigenvalue weighted by molar-refractivity contribution is 5.75. The summed E-state index contributed by atoms with van der Waals surface area (Å²) in [4.78, 5) is 11.7. The normalized spacial score (nSPS) is 12.3. The highest BCUT2D eigenvalue weighted by Crippen LogP contribution is 2.23. The van der Waals surface area contributed by atoms with E-state index < -0.39 is 6.04 Å². The zero-order valence-electron chi connectivity index (χ0n) is 13.7. The van der Waals surface area contributed by atoms with Gasteiger partial charge in [0.1, 0.15) is 18.4 Å². The number of nitrogens with one attached hydrogen (secondary N) is 1. The summed E-state index contributed by atoms with van der Waals surface area (Å²) in [6, 6.07) is 5.63. The molecule has 0 aliphatic heterocycles. The Morgan fingerprint density at radius 2 is 2.05 bits per heavy atom. The lowest BCUT2D eigenvalue weighted by Crippen LogP contribution is -2.42. The molecule has 21 heavy (non-hydrogen) atoms. The van der Waals surface area contributed by atoms with Gasteiger partial charge in [0.2, 0.25) is 0 Å². The molecule has 0 radical (unpaired) electrons. The van der Waals surface area contributed by atoms with E-state index in [4.69, 9.17) is 9.47 Å². The van der Waals surface area contributed by atoms with Crippen molar-refractivity contribution in [2.75, 3.05) is 20.3 Å². The number of rotatable bonds is 8. The molecular weight excluding hydrogens is 266 g/mol. The van der Waals surface area contributed by atoms with Crippen LogP contribution in [0.25, 0.3) is 0 Å². The maximum absolute atomic E-state index is 11.7. The molecule has 4 heteroatoms. The van der Waals surface area contributed by atoms with E-state index in [2.05, 4.69) is 39.1 Å². The number of hydrogen-bond acceptors (Lipinski definition) is 4. The molecule has 0 heterocycles. The Morgan fingerprint density at radius 1 is 1.33 bits per heavy atom. The third-order valence-corrected chi connectivity index (χ3v) is 3.41. The Balaban J connectivity index is 2.67. The van der Waals surface area contributed by atoms with Gasteiger partial charge in [0.15, 0.2) is 0 Å². The van der Waals surface area contributed by atoms with Crippen molar-refractivity contribution in [1.29, 1.82) is 0 Å². The van der Waals surface area contributed by atoms with Crippen LogP contribution in [-0.2, 0) is 9.53 Å². The Labute approximate surface area is 127 Å². The molecule has 0 spiro atoms. The summed E-state index contributed by atoms with van der Waals surface area (Å²) >= 11 is 0. The lowest BCUT2D eigenvalue weighted by Gasteiger charge is -2.18. The van der Waals surface area contributed by atoms with E-state index in [1.165, 1.54) is 18.2 Å². The Morgan fingerprint density at radius 3 is 2.57 bits per heavy atom. The standard InChI is InChI=1S/C17H27NO3/c1-6-9-18-16(17(19)20-5)11-21-14-7-8-15(12(2)3)13(4)10-14/h7-8,10,12,16,18H,6,9,11H2,1-5H3. The lowest BCUT2D eigenvalue weighted by molar-refractivity contribution is -0.143. The average molecular weight is 293 g/mol. The van der Waals surface area contributed by atoms with Gasteiger partial charge in [-0.15, -0.1) is 0 Å². The average Bonchev–Trinajstić information content (AvgIpc) is 2.46. The third-order valence-electron chi connectivity index (χ3n) is 3.41. The first-order valence-electron chi connectivity index (χ1n) is 7.54. The first-order chi connectivity index (χ1) is 9.99. The summed E-state index contributed by atoms with van der Waals surface area (Å²) < 4.78 is 10.5. The third kappa shape index (κ3) is 5.38. The summed E-state index contributed by atoms with van der Waals surface area (Å²) in [6.07, 6.45) is 0.954. The van der Waals surface area contributed by atoms with E-state index in [1.54, 1.807) is 0 Å². The molecule has 0 aliphatic carbocycles. The lowest BCUT2D eigenvalue weighted by atomic mass is 9.98. The summed E-state index contributed by atoms with van der Waals surface area (Å²) in [6.45, 7) is 9.50. The number of hydrogen-bond donors (Lipinski definition) is 1. The van der Waals surface area contributed by atoms with Crippen molar-refractivity contribution in [3.8, 4) is 5.75 Å². The van der Waals surface area contributed by atoms with Crippen molar-refractivity contribution in [2.24, 2.45) is 0 Å². The fourth-order valence-electron chi connectivity index (χ4n) is 2.24. The van der Waals surface area contributed by atoms with Crippen molar-refractivity contribution in [3.63, 3.8) is 0 Å². The van der Waals surface area contributed by atoms with Gasteiger partial charge in [-0.3, -0.25) is 4.79 Å². The van der Waals surface area contributed by atoms with Gasteiger partial charge < -0.3 is 14.8 Å². The molecule has 0 bridgehead atoms. The van der Waals surface area contributed by atoms with Gasteiger partial charge in [0.05, 0.1) is 7.11 Å². The topological polar surface area (TPSA) is 47.6 Å². The number of ether oxygens (including phenoxy) is 2. The molecule has 1 rings (SSSR count). The van der Waals surface area contributed by atoms with Gasteiger partial charge in [0, 0.05) is 0 Å². The van der Waals surface area contributed by atoms with Gasteiger partial charge in [-0.25, -0.2) is 0 Å². The minimum atomic E-state index is -0.431. The summed E-state index contributed by atoms with van der Waals surface area (Å²) in [5, 5.41) is 3.14. The zero-order chi connectivity index (χ0) is 15.8. The Bertz CT molecular complexity index is 457. The van der Waals surface area contributed by atoms with Crippen LogP contribution in [0.4, 0.5) is 0 Å². The van der Waals surface area contributed by atoms with Crippen molar-refractivity contribution >= 4 is 5.97 Å². The molecule has 0 saturated heterocycles. The van der Waals surface area contributed by atoms with Crippen LogP contribution in [0.5, 0.6) is 5.75 Å². The molecular formula is C17H27NO3. The Hall–Kier alpha value is -1.55. The summed E-state index contributed by atoms with van der Waals surface area (Å²) in [5.74, 6) is 0.983. The second-order valence-corrected chi connectivity index (χ2v) is 5.51. The van der Waals surface area contributed by atoms with Crippen LogP contribution >= 0.6 is 0 Å². The SMILES string of the molecule is CCCNC(COc1ccc(C(C)C)c(C)c1)C(=O)OC. The number of aryl methyl sites for hydroxylation is 1. The fraction of sp³-hybridized carbons (Fsp3) is 0.588. The minimum Gasteiger partial charge on any atom is -0.491 e. The van der Waals surface area contributed by atoms with E-state index in [-0.39, 0.29) is 12.6 Å². The largest absolute Gasteiger partial charge is 0.491 e. The predicted octanol–water partition coefficient (Wildman–Crippen LogP) is 3.04. The molecule has 1 aromatic rings. The van der Waals surface area contributed by atoms with Gasteiger partial charge in [-0.2, -0.15) is 0 Å². The smallest absolute Gasteiger partial charge is 0.326 e. The van der Waals surface area contributed by atoms with Crippen molar-refractivity contribution in [3.05, 3.63) is 29.3 Å². The van der Waals surface area contributed by atoms with Crippen LogP contribution in [0.1, 0.15) is 44.2 Å². The molecule has 1 unspecified atom stereocenters. The van der Waals surface area contributed by atoms with Crippen molar-refractivity contribution < 1.29 is 14.3 Å². The molecule has 118 valence electrons. The highest BCUT2D eigenvalue weighted by Gasteiger charge is 2.19. The first-order valence-corrected chi connectivity index (χ1v) is 7.54. The molecule has 0 saturated carbocycles. The summed E-state index contributed by atoms with van der Waals surface area (Å²) in [5.41, 5.74) is 2.52. The number of carbonyl (C=O) groups is 1. The fourth-order valence-corrected chi connectivity index (χ4v) is 2.24. The monoisotopic (exact) mass is 293 g/mol. The number of benzene rings is 1. The first kappa shape index (κ1) is 17.5. The highest BCUT2D eigenvalue weighted by atomic mass is 16.5. The van der Waals surface area contributed by atoms with Crippen LogP contribution in [0.15, 0.2) is 18.2 Å². The van der Waals surface area contributed by atoms with Crippen molar-refractivity contribution in [1.82, 2.24) is 5.32 Å². The number of esters is 1. The maximum Gasteiger partial charge on any atom is 0.326 e. The quantitative estimate of drug-likeness (QED) is 0.748. The molecule has 1 N–H and O–H groups in total. The number of methoxy groups -OCH3 is 1. The number of carbonyl (C=O) groups excluding carboxylic acids is 1. The predicted molar refractivity (Wildman–Crippen MR) is 84.9 cm³/mol. The van der Waals surface area contributed by atoms with E-state index in [9.17, 15) is 4.79 Å². The molecule has 1 atom stereocenters. The van der Waals surface area contributed by atoms with E-state index in [0.717, 1.165) is 18.7 Å². The molecule has 4 nitrogen and oxygen atoms in total. The molecule has 1 aromatic carbocycles. The molecule has 0 aromatic heterocycles. The van der Waals surface area contributed by atoms with Gasteiger partial charge in [0.25, 0.3) is 0 Å². The van der Waals surface area contributed by atoms with Gasteiger partial charge >= 0.3 is 5.97 Å². The molecule has 0 amide bonds. The molecule has 0 aliphatic rings. The van der Waals surface area contributed by atoms with Crippen LogP contribution in [0.3, 0.4) is 0 Å². The second kappa shape index (κ2) is 8.67. The van der Waals surface area contributed by atoms with Crippen LogP contribution < -0.4 is 10.1 Å². The van der Waals surface area contributed by atoms with Crippen LogP contribution in [-0.4, -0.2) is 32.3 Å².